The Labute approximate surface area is 103 Å². The first-order valence-electron chi connectivity index (χ1n) is 6.15. The molecule has 0 saturated heterocycles. The molecule has 1 heterocycles. The van der Waals surface area contributed by atoms with Crippen molar-refractivity contribution in [3.63, 3.8) is 0 Å². The van der Waals surface area contributed by atoms with Gasteiger partial charge < -0.3 is 10.2 Å². The summed E-state index contributed by atoms with van der Waals surface area (Å²) < 4.78 is 5.76. The number of furan rings is 1. The van der Waals surface area contributed by atoms with E-state index in [1.807, 2.05) is 6.26 Å². The Morgan fingerprint density at radius 3 is 2.53 bits per heavy atom. The molecule has 0 atom stereocenters. The van der Waals surface area contributed by atoms with Crippen molar-refractivity contribution in [1.82, 2.24) is 0 Å². The third-order valence-corrected chi connectivity index (χ3v) is 3.12. The molecular weight excluding hydrogens is 210 g/mol. The van der Waals surface area contributed by atoms with E-state index >= 15 is 0 Å². The molecule has 0 fully saturated rings. The van der Waals surface area contributed by atoms with Crippen LogP contribution in [-0.2, 0) is 11.8 Å². The summed E-state index contributed by atoms with van der Waals surface area (Å²) in [7, 11) is 0. The van der Waals surface area contributed by atoms with Crippen LogP contribution >= 0.6 is 0 Å². The van der Waals surface area contributed by atoms with Gasteiger partial charge in [0.2, 0.25) is 0 Å². The minimum absolute atomic E-state index is 0.0993. The van der Waals surface area contributed by atoms with Crippen molar-refractivity contribution in [2.24, 2.45) is 5.73 Å². The molecule has 2 heteroatoms. The van der Waals surface area contributed by atoms with Crippen molar-refractivity contribution in [2.45, 2.75) is 39.5 Å². The smallest absolute Gasteiger partial charge is 0.137 e. The van der Waals surface area contributed by atoms with Crippen LogP contribution in [0.3, 0.4) is 0 Å². The average Bonchev–Trinajstić information content (AvgIpc) is 2.60. The lowest BCUT2D eigenvalue weighted by molar-refractivity contribution is 0.557. The van der Waals surface area contributed by atoms with Crippen LogP contribution in [0.5, 0.6) is 0 Å². The van der Waals surface area contributed by atoms with Gasteiger partial charge in [0.15, 0.2) is 0 Å². The van der Waals surface area contributed by atoms with Gasteiger partial charge in [-0.3, -0.25) is 0 Å². The first-order valence-corrected chi connectivity index (χ1v) is 6.15. The second-order valence-electron chi connectivity index (χ2n) is 5.74. The Bertz CT molecular complexity index is 532. The van der Waals surface area contributed by atoms with Crippen LogP contribution < -0.4 is 5.73 Å². The second kappa shape index (κ2) is 4.19. The van der Waals surface area contributed by atoms with E-state index in [4.69, 9.17) is 10.2 Å². The third kappa shape index (κ3) is 2.22. The van der Waals surface area contributed by atoms with E-state index in [1.54, 1.807) is 0 Å². The van der Waals surface area contributed by atoms with Crippen LogP contribution in [0.25, 0.3) is 11.0 Å². The fourth-order valence-electron chi connectivity index (χ4n) is 2.24. The van der Waals surface area contributed by atoms with Gasteiger partial charge in [-0.15, -0.1) is 0 Å². The Morgan fingerprint density at radius 2 is 1.94 bits per heavy atom. The highest BCUT2D eigenvalue weighted by atomic mass is 16.3. The molecule has 0 radical (unpaired) electrons. The standard InChI is InChI=1S/C15H21NO/c1-10-7-12-11(5-6-16)9-17-14(12)13(8-10)15(2,3)4/h7-9H,5-6,16H2,1-4H3. The van der Waals surface area contributed by atoms with Crippen molar-refractivity contribution in [3.05, 3.63) is 35.1 Å². The summed E-state index contributed by atoms with van der Waals surface area (Å²) in [5.41, 5.74) is 10.5. The molecular formula is C15H21NO. The van der Waals surface area contributed by atoms with Gasteiger partial charge in [-0.1, -0.05) is 26.8 Å². The Kier molecular flexibility index (Phi) is 3.00. The molecule has 0 aliphatic heterocycles. The topological polar surface area (TPSA) is 39.2 Å². The number of fused-ring (bicyclic) bond motifs is 1. The van der Waals surface area contributed by atoms with E-state index in [9.17, 15) is 0 Å². The Hall–Kier alpha value is -1.28. The molecule has 0 unspecified atom stereocenters. The van der Waals surface area contributed by atoms with Gasteiger partial charge in [-0.05, 0) is 42.5 Å². The molecule has 1 aromatic heterocycles. The highest BCUT2D eigenvalue weighted by Gasteiger charge is 2.20. The zero-order valence-electron chi connectivity index (χ0n) is 11.1. The average molecular weight is 231 g/mol. The molecule has 2 aromatic rings. The van der Waals surface area contributed by atoms with E-state index in [0.29, 0.717) is 6.54 Å². The van der Waals surface area contributed by atoms with Crippen molar-refractivity contribution in [1.29, 1.82) is 0 Å². The third-order valence-electron chi connectivity index (χ3n) is 3.12. The van der Waals surface area contributed by atoms with Crippen LogP contribution in [0.1, 0.15) is 37.5 Å². The van der Waals surface area contributed by atoms with E-state index in [-0.39, 0.29) is 5.41 Å². The Morgan fingerprint density at radius 1 is 1.24 bits per heavy atom. The largest absolute Gasteiger partial charge is 0.464 e. The lowest BCUT2D eigenvalue weighted by Crippen LogP contribution is -2.11. The lowest BCUT2D eigenvalue weighted by Gasteiger charge is -2.19. The van der Waals surface area contributed by atoms with Crippen LogP contribution in [0.15, 0.2) is 22.8 Å². The fourth-order valence-corrected chi connectivity index (χ4v) is 2.24. The maximum absolute atomic E-state index is 5.76. The van der Waals surface area contributed by atoms with E-state index < -0.39 is 0 Å². The lowest BCUT2D eigenvalue weighted by atomic mass is 9.84. The highest BCUT2D eigenvalue weighted by Crippen LogP contribution is 2.33. The molecule has 2 nitrogen and oxygen atoms in total. The molecule has 92 valence electrons. The minimum Gasteiger partial charge on any atom is -0.464 e. The van der Waals surface area contributed by atoms with Gasteiger partial charge in [0.1, 0.15) is 5.58 Å². The van der Waals surface area contributed by atoms with Crippen LogP contribution in [-0.4, -0.2) is 6.54 Å². The molecule has 0 amide bonds. The number of hydrogen-bond acceptors (Lipinski definition) is 2. The molecule has 0 bridgehead atoms. The van der Waals surface area contributed by atoms with Crippen molar-refractivity contribution >= 4 is 11.0 Å². The van der Waals surface area contributed by atoms with Crippen LogP contribution in [0, 0.1) is 6.92 Å². The number of hydrogen-bond donors (Lipinski definition) is 1. The fraction of sp³-hybridized carbons (Fsp3) is 0.467. The quantitative estimate of drug-likeness (QED) is 0.858. The summed E-state index contributed by atoms with van der Waals surface area (Å²) in [6, 6.07) is 4.41. The zero-order valence-corrected chi connectivity index (χ0v) is 11.1. The monoisotopic (exact) mass is 231 g/mol. The maximum Gasteiger partial charge on any atom is 0.137 e. The van der Waals surface area contributed by atoms with E-state index in [2.05, 4.69) is 39.8 Å². The van der Waals surface area contributed by atoms with Crippen molar-refractivity contribution in [3.8, 4) is 0 Å². The molecule has 0 aliphatic rings. The molecule has 17 heavy (non-hydrogen) atoms. The zero-order chi connectivity index (χ0) is 12.6. The summed E-state index contributed by atoms with van der Waals surface area (Å²) in [5.74, 6) is 0. The normalized spacial score (nSPS) is 12.3. The SMILES string of the molecule is Cc1cc(C(C)(C)C)c2occ(CCN)c2c1. The van der Waals surface area contributed by atoms with Crippen LogP contribution in [0.2, 0.25) is 0 Å². The molecule has 2 N–H and O–H groups in total. The van der Waals surface area contributed by atoms with Gasteiger partial charge in [-0.2, -0.15) is 0 Å². The molecule has 1 aromatic carbocycles. The highest BCUT2D eigenvalue weighted by molar-refractivity contribution is 5.85. The first kappa shape index (κ1) is 12.2. The number of benzene rings is 1. The second-order valence-corrected chi connectivity index (χ2v) is 5.74. The van der Waals surface area contributed by atoms with Gasteiger partial charge in [0.05, 0.1) is 6.26 Å². The molecule has 2 rings (SSSR count). The predicted octanol–water partition coefficient (Wildman–Crippen LogP) is 3.54. The molecule has 0 spiro atoms. The minimum atomic E-state index is 0.0993. The van der Waals surface area contributed by atoms with Crippen molar-refractivity contribution < 1.29 is 4.42 Å². The number of aryl methyl sites for hydroxylation is 1. The summed E-state index contributed by atoms with van der Waals surface area (Å²) in [6.07, 6.45) is 2.73. The number of rotatable bonds is 2. The van der Waals surface area contributed by atoms with Gasteiger partial charge in [-0.25, -0.2) is 0 Å². The van der Waals surface area contributed by atoms with Gasteiger partial charge in [0.25, 0.3) is 0 Å². The Balaban J connectivity index is 2.70. The van der Waals surface area contributed by atoms with Gasteiger partial charge in [0, 0.05) is 10.9 Å². The van der Waals surface area contributed by atoms with Crippen LogP contribution in [0.4, 0.5) is 0 Å². The summed E-state index contributed by atoms with van der Waals surface area (Å²) in [5, 5.41) is 1.22. The molecule has 0 aliphatic carbocycles. The summed E-state index contributed by atoms with van der Waals surface area (Å²) >= 11 is 0. The summed E-state index contributed by atoms with van der Waals surface area (Å²) in [4.78, 5) is 0. The number of nitrogens with two attached hydrogens (primary N) is 1. The molecule has 0 saturated carbocycles. The van der Waals surface area contributed by atoms with E-state index in [0.717, 1.165) is 12.0 Å². The van der Waals surface area contributed by atoms with Crippen molar-refractivity contribution in [2.75, 3.05) is 6.54 Å². The van der Waals surface area contributed by atoms with E-state index in [1.165, 1.54) is 22.1 Å². The maximum atomic E-state index is 5.76. The summed E-state index contributed by atoms with van der Waals surface area (Å²) in [6.45, 7) is 9.44. The van der Waals surface area contributed by atoms with Gasteiger partial charge >= 0.3 is 0 Å². The first-order chi connectivity index (χ1) is 7.93. The predicted molar refractivity (Wildman–Crippen MR) is 72.4 cm³/mol.